The quantitative estimate of drug-likeness (QED) is 0.481. The number of nitrogens with zero attached hydrogens (tertiary/aromatic N) is 3. The van der Waals surface area contributed by atoms with E-state index in [0.717, 1.165) is 24.6 Å². The second kappa shape index (κ2) is 9.67. The number of alkyl halides is 3. The Morgan fingerprint density at radius 2 is 1.82 bits per heavy atom. The van der Waals surface area contributed by atoms with Crippen LogP contribution in [0.25, 0.3) is 0 Å². The monoisotopic (exact) mass is 494 g/mol. The highest BCUT2D eigenvalue weighted by Crippen LogP contribution is 2.30. The van der Waals surface area contributed by atoms with Crippen LogP contribution in [0.5, 0.6) is 0 Å². The number of rotatable bonds is 8. The number of halogens is 3. The van der Waals surface area contributed by atoms with E-state index >= 15 is 0 Å². The van der Waals surface area contributed by atoms with E-state index in [4.69, 9.17) is 0 Å². The zero-order valence-electron chi connectivity index (χ0n) is 18.2. The zero-order valence-corrected chi connectivity index (χ0v) is 19.0. The van der Waals surface area contributed by atoms with Crippen LogP contribution < -0.4 is 10.2 Å². The number of hydrogen-bond acceptors (Lipinski definition) is 6. The number of benzene rings is 1. The maximum atomic E-state index is 12.7. The van der Waals surface area contributed by atoms with Gasteiger partial charge in [0.15, 0.2) is 16.1 Å². The Morgan fingerprint density at radius 3 is 2.35 bits per heavy atom. The number of amides is 1. The predicted molar refractivity (Wildman–Crippen MR) is 120 cm³/mol. The molecule has 3 rings (SSSR count). The summed E-state index contributed by atoms with van der Waals surface area (Å²) in [6, 6.07) is 8.82. The highest BCUT2D eigenvalue weighted by Gasteiger charge is 2.30. The van der Waals surface area contributed by atoms with Gasteiger partial charge in [0.25, 0.3) is 5.91 Å². The number of likely N-dealkylation sites (N-methyl/N-ethyl adjacent to an activating group) is 1. The minimum atomic E-state index is -4.41. The molecule has 0 aliphatic heterocycles. The summed E-state index contributed by atoms with van der Waals surface area (Å²) in [6.45, 7) is 0.649. The van der Waals surface area contributed by atoms with Crippen LogP contribution in [0.1, 0.15) is 26.4 Å². The Labute approximate surface area is 193 Å². The summed E-state index contributed by atoms with van der Waals surface area (Å²) in [5, 5.41) is 2.51. The summed E-state index contributed by atoms with van der Waals surface area (Å²) in [5.74, 6) is -0.486. The number of carbonyl (C=O) groups excluding carboxylic acids is 2. The van der Waals surface area contributed by atoms with Crippen LogP contribution in [0.15, 0.2) is 59.8 Å². The second-order valence-electron chi connectivity index (χ2n) is 7.50. The van der Waals surface area contributed by atoms with Crippen molar-refractivity contribution in [2.75, 3.05) is 30.1 Å². The van der Waals surface area contributed by atoms with E-state index in [0.29, 0.717) is 25.1 Å². The summed E-state index contributed by atoms with van der Waals surface area (Å²) in [5.41, 5.74) is 0.0380. The van der Waals surface area contributed by atoms with Crippen LogP contribution in [0.3, 0.4) is 0 Å². The van der Waals surface area contributed by atoms with Crippen LogP contribution >= 0.6 is 0 Å². The van der Waals surface area contributed by atoms with Crippen molar-refractivity contribution < 1.29 is 31.2 Å². The van der Waals surface area contributed by atoms with Gasteiger partial charge in [0.05, 0.1) is 21.7 Å². The zero-order chi connectivity index (χ0) is 25.1. The topological polar surface area (TPSA) is 101 Å². The number of aldehydes is 1. The van der Waals surface area contributed by atoms with E-state index in [1.54, 1.807) is 22.7 Å². The number of aromatic nitrogens is 2. The molecule has 34 heavy (non-hydrogen) atoms. The Balaban J connectivity index is 1.67. The molecule has 0 aliphatic rings. The van der Waals surface area contributed by atoms with E-state index in [-0.39, 0.29) is 22.0 Å². The normalized spacial score (nSPS) is 11.8. The van der Waals surface area contributed by atoms with Gasteiger partial charge >= 0.3 is 6.18 Å². The van der Waals surface area contributed by atoms with Gasteiger partial charge in [-0.25, -0.2) is 13.4 Å². The van der Waals surface area contributed by atoms with Gasteiger partial charge in [0, 0.05) is 44.5 Å². The number of carbonyl (C=O) groups is 2. The van der Waals surface area contributed by atoms with Gasteiger partial charge in [-0.15, -0.1) is 0 Å². The lowest BCUT2D eigenvalue weighted by atomic mass is 10.2. The number of pyridine rings is 1. The average Bonchev–Trinajstić information content (AvgIpc) is 3.20. The molecule has 12 heteroatoms. The van der Waals surface area contributed by atoms with Crippen LogP contribution in [-0.2, 0) is 22.6 Å². The lowest BCUT2D eigenvalue weighted by Gasteiger charge is -2.20. The highest BCUT2D eigenvalue weighted by molar-refractivity contribution is 7.90. The predicted octanol–water partition coefficient (Wildman–Crippen LogP) is 3.51. The molecule has 0 spiro atoms. The van der Waals surface area contributed by atoms with Crippen molar-refractivity contribution in [1.29, 1.82) is 0 Å². The molecule has 2 aromatic heterocycles. The Hall–Kier alpha value is -3.67. The second-order valence-corrected chi connectivity index (χ2v) is 9.51. The fourth-order valence-corrected chi connectivity index (χ4v) is 3.71. The summed E-state index contributed by atoms with van der Waals surface area (Å²) in [6.07, 6.45) is -0.167. The van der Waals surface area contributed by atoms with E-state index in [2.05, 4.69) is 10.3 Å². The van der Waals surface area contributed by atoms with Crippen LogP contribution in [0.2, 0.25) is 0 Å². The van der Waals surface area contributed by atoms with Crippen molar-refractivity contribution in [2.24, 2.45) is 0 Å². The SMILES string of the molecule is CN(CCn1ccc(C(=O)Nc2ccc(S(C)(=O)=O)cn2)c1C=O)c1ccc(C(F)(F)F)cc1. The highest BCUT2D eigenvalue weighted by atomic mass is 32.2. The summed E-state index contributed by atoms with van der Waals surface area (Å²) < 4.78 is 62.8. The first kappa shape index (κ1) is 25.0. The van der Waals surface area contributed by atoms with Crippen molar-refractivity contribution in [3.05, 3.63) is 71.7 Å². The van der Waals surface area contributed by atoms with Gasteiger partial charge in [-0.1, -0.05) is 0 Å². The molecule has 180 valence electrons. The standard InChI is InChI=1S/C22H21F3N4O4S/c1-28(16-5-3-15(4-6-16)22(23,24)25)11-12-29-10-9-18(19(29)14-30)21(31)27-20-8-7-17(13-26-20)34(2,32)33/h3-10,13-14H,11-12H2,1-2H3,(H,26,27,31). The third-order valence-electron chi connectivity index (χ3n) is 5.08. The first-order valence-corrected chi connectivity index (χ1v) is 11.8. The van der Waals surface area contributed by atoms with Crippen LogP contribution in [0.4, 0.5) is 24.7 Å². The van der Waals surface area contributed by atoms with Gasteiger partial charge in [-0.05, 0) is 42.5 Å². The third-order valence-corrected chi connectivity index (χ3v) is 6.18. The van der Waals surface area contributed by atoms with Crippen molar-refractivity contribution in [2.45, 2.75) is 17.6 Å². The molecule has 0 unspecified atom stereocenters. The van der Waals surface area contributed by atoms with Crippen molar-refractivity contribution in [3.63, 3.8) is 0 Å². The minimum absolute atomic E-state index is 0.00222. The first-order valence-electron chi connectivity index (χ1n) is 9.90. The maximum Gasteiger partial charge on any atom is 0.416 e. The van der Waals surface area contributed by atoms with Gasteiger partial charge < -0.3 is 14.8 Å². The molecule has 0 radical (unpaired) electrons. The molecule has 8 nitrogen and oxygen atoms in total. The van der Waals surface area contributed by atoms with Crippen molar-refractivity contribution >= 4 is 33.5 Å². The van der Waals surface area contributed by atoms with E-state index in [1.165, 1.54) is 30.3 Å². The lowest BCUT2D eigenvalue weighted by Crippen LogP contribution is -2.23. The molecule has 0 saturated carbocycles. The van der Waals surface area contributed by atoms with Gasteiger partial charge in [0.2, 0.25) is 0 Å². The van der Waals surface area contributed by atoms with Crippen molar-refractivity contribution in [3.8, 4) is 0 Å². The lowest BCUT2D eigenvalue weighted by molar-refractivity contribution is -0.137. The molecular weight excluding hydrogens is 473 g/mol. The number of nitrogens with one attached hydrogen (secondary N) is 1. The van der Waals surface area contributed by atoms with Crippen LogP contribution in [0, 0.1) is 0 Å². The largest absolute Gasteiger partial charge is 0.416 e. The molecule has 1 N–H and O–H groups in total. The Bertz CT molecular complexity index is 1290. The third kappa shape index (κ3) is 5.81. The van der Waals surface area contributed by atoms with Gasteiger partial charge in [0.1, 0.15) is 5.82 Å². The number of anilines is 2. The fourth-order valence-electron chi connectivity index (χ4n) is 3.15. The van der Waals surface area contributed by atoms with E-state index < -0.39 is 27.5 Å². The summed E-state index contributed by atoms with van der Waals surface area (Å²) >= 11 is 0. The molecular formula is C22H21F3N4O4S. The molecule has 1 aromatic carbocycles. The molecule has 1 amide bonds. The smallest absolute Gasteiger partial charge is 0.373 e. The summed E-state index contributed by atoms with van der Waals surface area (Å²) in [7, 11) is -1.73. The molecule has 0 aliphatic carbocycles. The van der Waals surface area contributed by atoms with E-state index in [9.17, 15) is 31.2 Å². The molecule has 2 heterocycles. The molecule has 0 fully saturated rings. The van der Waals surface area contributed by atoms with Crippen molar-refractivity contribution in [1.82, 2.24) is 9.55 Å². The molecule has 0 saturated heterocycles. The Kier molecular flexibility index (Phi) is 7.10. The minimum Gasteiger partial charge on any atom is -0.373 e. The number of sulfone groups is 1. The average molecular weight is 494 g/mol. The molecule has 0 atom stereocenters. The summed E-state index contributed by atoms with van der Waals surface area (Å²) in [4.78, 5) is 29.9. The van der Waals surface area contributed by atoms with Crippen LogP contribution in [-0.4, -0.2) is 50.0 Å². The van der Waals surface area contributed by atoms with Gasteiger partial charge in [-0.2, -0.15) is 13.2 Å². The van der Waals surface area contributed by atoms with Gasteiger partial charge in [-0.3, -0.25) is 9.59 Å². The number of hydrogen-bond donors (Lipinski definition) is 1. The molecule has 0 bridgehead atoms. The molecule has 3 aromatic rings. The first-order chi connectivity index (χ1) is 15.9. The maximum absolute atomic E-state index is 12.7. The Morgan fingerprint density at radius 1 is 1.15 bits per heavy atom. The fraction of sp³-hybridized carbons (Fsp3) is 0.227. The van der Waals surface area contributed by atoms with E-state index in [1.807, 2.05) is 0 Å².